The second kappa shape index (κ2) is 5.03. The molecule has 1 aliphatic heterocycles. The molecule has 0 aliphatic carbocycles. The van der Waals surface area contributed by atoms with Crippen LogP contribution in [0.25, 0.3) is 0 Å². The lowest BCUT2D eigenvalue weighted by Gasteiger charge is -2.23. The molecule has 0 spiro atoms. The first-order valence-electron chi connectivity index (χ1n) is 5.40. The van der Waals surface area contributed by atoms with E-state index < -0.39 is 0 Å². The van der Waals surface area contributed by atoms with E-state index in [1.54, 1.807) is 6.19 Å². The summed E-state index contributed by atoms with van der Waals surface area (Å²) < 4.78 is 0. The fourth-order valence-electron chi connectivity index (χ4n) is 1.90. The van der Waals surface area contributed by atoms with Crippen LogP contribution in [0.5, 0.6) is 0 Å². The summed E-state index contributed by atoms with van der Waals surface area (Å²) in [7, 11) is 0. The molecule has 1 amide bonds. The smallest absolute Gasteiger partial charge is 0.233 e. The molecule has 5 nitrogen and oxygen atoms in total. The maximum absolute atomic E-state index is 11.9. The highest BCUT2D eigenvalue weighted by Crippen LogP contribution is 2.27. The second-order valence-corrected chi connectivity index (χ2v) is 3.86. The lowest BCUT2D eigenvalue weighted by atomic mass is 9.89. The molecule has 1 aromatic carbocycles. The van der Waals surface area contributed by atoms with Crippen molar-refractivity contribution in [2.45, 2.75) is 12.3 Å². The zero-order chi connectivity index (χ0) is 13.0. The number of carbonyl (C=O) groups is 1. The van der Waals surface area contributed by atoms with Gasteiger partial charge in [-0.15, -0.1) is 0 Å². The molecule has 0 saturated heterocycles. The average molecular weight is 238 g/mol. The summed E-state index contributed by atoms with van der Waals surface area (Å²) in [5, 5.41) is 22.4. The van der Waals surface area contributed by atoms with Crippen LogP contribution >= 0.6 is 0 Å². The average Bonchev–Trinajstić information content (AvgIpc) is 2.40. The Morgan fingerprint density at radius 1 is 1.28 bits per heavy atom. The van der Waals surface area contributed by atoms with E-state index in [2.05, 4.69) is 10.6 Å². The summed E-state index contributed by atoms with van der Waals surface area (Å²) in [6, 6.07) is 11.3. The molecule has 18 heavy (non-hydrogen) atoms. The van der Waals surface area contributed by atoms with Crippen LogP contribution in [0, 0.1) is 22.8 Å². The summed E-state index contributed by atoms with van der Waals surface area (Å²) >= 11 is 0. The second-order valence-electron chi connectivity index (χ2n) is 3.86. The van der Waals surface area contributed by atoms with Gasteiger partial charge >= 0.3 is 0 Å². The molecular formula is C13H10N4O. The highest BCUT2D eigenvalue weighted by atomic mass is 16.2. The molecule has 0 fully saturated rings. The summed E-state index contributed by atoms with van der Waals surface area (Å²) in [6.45, 7) is 0. The van der Waals surface area contributed by atoms with E-state index in [0.29, 0.717) is 12.0 Å². The Morgan fingerprint density at radius 2 is 2.00 bits per heavy atom. The standard InChI is InChI=1S/C13H10N4O/c14-7-10-6-11(9-4-2-1-3-5-9)13(18)17-12(10)16-8-15/h1-5,11,16H,6H2,(H,17,18). The number of allylic oxidation sites excluding steroid dienone is 1. The number of benzene rings is 1. The third-order valence-electron chi connectivity index (χ3n) is 2.79. The summed E-state index contributed by atoms with van der Waals surface area (Å²) in [5.41, 5.74) is 1.24. The van der Waals surface area contributed by atoms with Crippen molar-refractivity contribution in [3.05, 3.63) is 47.3 Å². The quantitative estimate of drug-likeness (QED) is 0.596. The minimum atomic E-state index is -0.384. The zero-order valence-corrected chi connectivity index (χ0v) is 9.47. The van der Waals surface area contributed by atoms with Crippen molar-refractivity contribution in [3.8, 4) is 12.3 Å². The van der Waals surface area contributed by atoms with Crippen LogP contribution in [-0.2, 0) is 4.79 Å². The number of nitriles is 2. The van der Waals surface area contributed by atoms with Crippen LogP contribution in [-0.4, -0.2) is 5.91 Å². The number of rotatable bonds is 2. The monoisotopic (exact) mass is 238 g/mol. The predicted molar refractivity (Wildman–Crippen MR) is 63.3 cm³/mol. The van der Waals surface area contributed by atoms with Gasteiger partial charge in [-0.2, -0.15) is 10.5 Å². The van der Waals surface area contributed by atoms with Gasteiger partial charge in [-0.25, -0.2) is 0 Å². The van der Waals surface area contributed by atoms with Crippen molar-refractivity contribution in [1.82, 2.24) is 10.6 Å². The third-order valence-corrected chi connectivity index (χ3v) is 2.79. The maximum Gasteiger partial charge on any atom is 0.233 e. The van der Waals surface area contributed by atoms with Crippen molar-refractivity contribution in [1.29, 1.82) is 10.5 Å². The molecule has 1 atom stereocenters. The van der Waals surface area contributed by atoms with Gasteiger partial charge in [-0.3, -0.25) is 10.1 Å². The van der Waals surface area contributed by atoms with Gasteiger partial charge < -0.3 is 5.32 Å². The van der Waals surface area contributed by atoms with E-state index in [1.807, 2.05) is 36.4 Å². The molecule has 1 aromatic rings. The lowest BCUT2D eigenvalue weighted by Crippen LogP contribution is -2.38. The van der Waals surface area contributed by atoms with Gasteiger partial charge in [0.25, 0.3) is 0 Å². The third kappa shape index (κ3) is 2.16. The minimum Gasteiger partial charge on any atom is -0.310 e. The Kier molecular flexibility index (Phi) is 3.26. The van der Waals surface area contributed by atoms with E-state index in [9.17, 15) is 4.79 Å². The van der Waals surface area contributed by atoms with Crippen LogP contribution in [0.1, 0.15) is 17.9 Å². The number of amides is 1. The van der Waals surface area contributed by atoms with Crippen molar-refractivity contribution < 1.29 is 4.79 Å². The van der Waals surface area contributed by atoms with Crippen molar-refractivity contribution in [3.63, 3.8) is 0 Å². The molecular weight excluding hydrogens is 228 g/mol. The molecule has 0 saturated carbocycles. The Morgan fingerprint density at radius 3 is 2.61 bits per heavy atom. The normalized spacial score (nSPS) is 18.6. The lowest BCUT2D eigenvalue weighted by molar-refractivity contribution is -0.122. The highest BCUT2D eigenvalue weighted by molar-refractivity contribution is 5.87. The number of hydrogen-bond donors (Lipinski definition) is 2. The number of nitrogens with zero attached hydrogens (tertiary/aromatic N) is 2. The molecule has 5 heteroatoms. The van der Waals surface area contributed by atoms with Gasteiger partial charge in [-0.1, -0.05) is 30.3 Å². The summed E-state index contributed by atoms with van der Waals surface area (Å²) in [5.74, 6) is -0.403. The SMILES string of the molecule is N#CNC1=C(C#N)CC(c2ccccc2)C(=O)N1. The first-order chi connectivity index (χ1) is 8.76. The molecule has 1 heterocycles. The van der Waals surface area contributed by atoms with Crippen LogP contribution in [0.3, 0.4) is 0 Å². The molecule has 2 N–H and O–H groups in total. The number of carbonyl (C=O) groups excluding carboxylic acids is 1. The Balaban J connectivity index is 2.32. The Labute approximate surface area is 104 Å². The Hall–Kier alpha value is -2.79. The fraction of sp³-hybridized carbons (Fsp3) is 0.154. The van der Waals surface area contributed by atoms with Gasteiger partial charge in [0, 0.05) is 6.42 Å². The van der Waals surface area contributed by atoms with Crippen LogP contribution in [0.2, 0.25) is 0 Å². The zero-order valence-electron chi connectivity index (χ0n) is 9.47. The number of nitrogens with one attached hydrogen (secondary N) is 2. The first-order valence-corrected chi connectivity index (χ1v) is 5.40. The first kappa shape index (κ1) is 11.7. The van der Waals surface area contributed by atoms with Gasteiger partial charge in [0.2, 0.25) is 5.91 Å². The summed E-state index contributed by atoms with van der Waals surface area (Å²) in [4.78, 5) is 11.9. The predicted octanol–water partition coefficient (Wildman–Crippen LogP) is 1.10. The van der Waals surface area contributed by atoms with Crippen molar-refractivity contribution >= 4 is 5.91 Å². The topological polar surface area (TPSA) is 88.7 Å². The molecule has 2 rings (SSSR count). The van der Waals surface area contributed by atoms with Crippen LogP contribution < -0.4 is 10.6 Å². The van der Waals surface area contributed by atoms with Crippen LogP contribution in [0.15, 0.2) is 41.7 Å². The van der Waals surface area contributed by atoms with Gasteiger partial charge in [-0.05, 0) is 5.56 Å². The van der Waals surface area contributed by atoms with Crippen molar-refractivity contribution in [2.24, 2.45) is 0 Å². The molecule has 0 bridgehead atoms. The van der Waals surface area contributed by atoms with E-state index in [4.69, 9.17) is 10.5 Å². The van der Waals surface area contributed by atoms with E-state index in [0.717, 1.165) is 5.56 Å². The van der Waals surface area contributed by atoms with Gasteiger partial charge in [0.05, 0.1) is 17.6 Å². The minimum absolute atomic E-state index is 0.192. The molecule has 88 valence electrons. The molecule has 0 radical (unpaired) electrons. The molecule has 0 aromatic heterocycles. The van der Waals surface area contributed by atoms with Crippen LogP contribution in [0.4, 0.5) is 0 Å². The van der Waals surface area contributed by atoms with E-state index in [1.165, 1.54) is 0 Å². The van der Waals surface area contributed by atoms with E-state index in [-0.39, 0.29) is 17.6 Å². The molecule has 1 unspecified atom stereocenters. The number of hydrogen-bond acceptors (Lipinski definition) is 4. The summed E-state index contributed by atoms with van der Waals surface area (Å²) in [6.07, 6.45) is 2.01. The molecule has 1 aliphatic rings. The van der Waals surface area contributed by atoms with Gasteiger partial charge in [0.1, 0.15) is 5.82 Å². The van der Waals surface area contributed by atoms with E-state index >= 15 is 0 Å². The largest absolute Gasteiger partial charge is 0.310 e. The Bertz CT molecular complexity index is 577. The van der Waals surface area contributed by atoms with Crippen molar-refractivity contribution in [2.75, 3.05) is 0 Å². The fourth-order valence-corrected chi connectivity index (χ4v) is 1.90. The van der Waals surface area contributed by atoms with Gasteiger partial charge in [0.15, 0.2) is 6.19 Å². The maximum atomic E-state index is 11.9. The highest BCUT2D eigenvalue weighted by Gasteiger charge is 2.29.